The molecule has 0 rings (SSSR count). The zero-order valence-corrected chi connectivity index (χ0v) is 20.0. The van der Waals surface area contributed by atoms with Crippen LogP contribution >= 0.6 is 0 Å². The van der Waals surface area contributed by atoms with Gasteiger partial charge in [-0.1, -0.05) is 130 Å². The SMILES string of the molecule is CCCCCCCCCCCCCCCCCCC(OS(=O)(=O)O)C(C)(C)C. The van der Waals surface area contributed by atoms with Gasteiger partial charge in [-0.3, -0.25) is 4.55 Å². The van der Waals surface area contributed by atoms with Crippen LogP contribution in [-0.2, 0) is 14.6 Å². The minimum Gasteiger partial charge on any atom is -0.264 e. The van der Waals surface area contributed by atoms with Crippen molar-refractivity contribution in [2.75, 3.05) is 0 Å². The topological polar surface area (TPSA) is 63.6 Å². The molecule has 0 aliphatic rings. The Kier molecular flexibility index (Phi) is 16.6. The third-order valence-electron chi connectivity index (χ3n) is 5.52. The summed E-state index contributed by atoms with van der Waals surface area (Å²) in [4.78, 5) is 0. The smallest absolute Gasteiger partial charge is 0.264 e. The quantitative estimate of drug-likeness (QED) is 0.170. The van der Waals surface area contributed by atoms with Gasteiger partial charge in [0.15, 0.2) is 0 Å². The van der Waals surface area contributed by atoms with E-state index in [1.807, 2.05) is 20.8 Å². The Bertz CT molecular complexity index is 440. The number of rotatable bonds is 19. The Morgan fingerprint density at radius 2 is 1.00 bits per heavy atom. The molecule has 28 heavy (non-hydrogen) atoms. The molecule has 0 aromatic rings. The number of unbranched alkanes of at least 4 members (excludes halogenated alkanes) is 15. The standard InChI is InChI=1S/C23H48O4S/c1-5-6-7-8-9-10-11-12-13-14-15-16-17-18-19-20-21-22(23(2,3)4)27-28(24,25)26/h22H,5-21H2,1-4H3,(H,24,25,26). The molecule has 0 spiro atoms. The third-order valence-corrected chi connectivity index (χ3v) is 6.00. The average Bonchev–Trinajstić information content (AvgIpc) is 2.58. The van der Waals surface area contributed by atoms with Gasteiger partial charge in [-0.2, -0.15) is 8.42 Å². The molecule has 170 valence electrons. The molecule has 0 saturated carbocycles. The summed E-state index contributed by atoms with van der Waals surface area (Å²) in [5, 5.41) is 0. The summed E-state index contributed by atoms with van der Waals surface area (Å²) < 4.78 is 35.8. The van der Waals surface area contributed by atoms with Crippen LogP contribution in [0.4, 0.5) is 0 Å². The molecule has 4 nitrogen and oxygen atoms in total. The fourth-order valence-electron chi connectivity index (χ4n) is 3.65. The van der Waals surface area contributed by atoms with Crippen molar-refractivity contribution in [2.45, 2.75) is 143 Å². The summed E-state index contributed by atoms with van der Waals surface area (Å²) in [6.07, 6.45) is 21.3. The molecule has 0 radical (unpaired) electrons. The van der Waals surface area contributed by atoms with Crippen molar-refractivity contribution in [3.63, 3.8) is 0 Å². The van der Waals surface area contributed by atoms with Crippen LogP contribution in [-0.4, -0.2) is 19.1 Å². The van der Waals surface area contributed by atoms with Gasteiger partial charge in [0, 0.05) is 0 Å². The van der Waals surface area contributed by atoms with Crippen LogP contribution in [0, 0.1) is 5.41 Å². The lowest BCUT2D eigenvalue weighted by molar-refractivity contribution is 0.0701. The Labute approximate surface area is 176 Å². The average molecular weight is 421 g/mol. The first kappa shape index (κ1) is 27.9. The Balaban J connectivity index is 3.47. The molecule has 1 atom stereocenters. The molecule has 0 aromatic carbocycles. The maximum Gasteiger partial charge on any atom is 0.397 e. The van der Waals surface area contributed by atoms with E-state index in [0.717, 1.165) is 12.8 Å². The second-order valence-electron chi connectivity index (χ2n) is 9.47. The molecular weight excluding hydrogens is 372 g/mol. The summed E-state index contributed by atoms with van der Waals surface area (Å²) in [6.45, 7) is 8.09. The van der Waals surface area contributed by atoms with Crippen LogP contribution in [0.25, 0.3) is 0 Å². The summed E-state index contributed by atoms with van der Waals surface area (Å²) in [7, 11) is -4.38. The van der Waals surface area contributed by atoms with Crippen LogP contribution in [0.15, 0.2) is 0 Å². The van der Waals surface area contributed by atoms with Crippen molar-refractivity contribution in [3.05, 3.63) is 0 Å². The minimum absolute atomic E-state index is 0.300. The van der Waals surface area contributed by atoms with Gasteiger partial charge >= 0.3 is 10.4 Å². The van der Waals surface area contributed by atoms with Gasteiger partial charge in [0.1, 0.15) is 0 Å². The lowest BCUT2D eigenvalue weighted by Gasteiger charge is -2.28. The van der Waals surface area contributed by atoms with Crippen LogP contribution in [0.1, 0.15) is 137 Å². The van der Waals surface area contributed by atoms with E-state index in [4.69, 9.17) is 8.74 Å². The first-order valence-corrected chi connectivity index (χ1v) is 13.2. The van der Waals surface area contributed by atoms with Crippen LogP contribution in [0.2, 0.25) is 0 Å². The maximum atomic E-state index is 11.0. The van der Waals surface area contributed by atoms with Crippen LogP contribution in [0.5, 0.6) is 0 Å². The highest BCUT2D eigenvalue weighted by Crippen LogP contribution is 2.28. The Morgan fingerprint density at radius 1 is 0.679 bits per heavy atom. The number of hydrogen-bond acceptors (Lipinski definition) is 3. The molecule has 0 heterocycles. The van der Waals surface area contributed by atoms with Crippen molar-refractivity contribution in [1.82, 2.24) is 0 Å². The Hall–Kier alpha value is -0.130. The van der Waals surface area contributed by atoms with Gasteiger partial charge in [-0.05, 0) is 11.8 Å². The second-order valence-corrected chi connectivity index (χ2v) is 10.5. The van der Waals surface area contributed by atoms with Crippen molar-refractivity contribution in [3.8, 4) is 0 Å². The highest BCUT2D eigenvalue weighted by atomic mass is 32.3. The molecule has 1 N–H and O–H groups in total. The molecular formula is C23H48O4S. The Morgan fingerprint density at radius 3 is 1.29 bits per heavy atom. The van der Waals surface area contributed by atoms with Crippen molar-refractivity contribution < 1.29 is 17.2 Å². The molecule has 0 bridgehead atoms. The monoisotopic (exact) mass is 420 g/mol. The largest absolute Gasteiger partial charge is 0.397 e. The molecule has 5 heteroatoms. The zero-order chi connectivity index (χ0) is 21.3. The highest BCUT2D eigenvalue weighted by molar-refractivity contribution is 7.80. The van der Waals surface area contributed by atoms with E-state index in [0.29, 0.717) is 6.42 Å². The van der Waals surface area contributed by atoms with E-state index in [-0.39, 0.29) is 5.41 Å². The molecule has 0 saturated heterocycles. The zero-order valence-electron chi connectivity index (χ0n) is 19.2. The lowest BCUT2D eigenvalue weighted by Crippen LogP contribution is -2.31. The molecule has 0 aliphatic carbocycles. The van der Waals surface area contributed by atoms with Gasteiger partial charge in [0.2, 0.25) is 0 Å². The molecule has 0 aliphatic heterocycles. The minimum atomic E-state index is -4.38. The predicted molar refractivity (Wildman–Crippen MR) is 120 cm³/mol. The van der Waals surface area contributed by atoms with E-state index >= 15 is 0 Å². The van der Waals surface area contributed by atoms with Crippen molar-refractivity contribution >= 4 is 10.4 Å². The molecule has 0 amide bonds. The highest BCUT2D eigenvalue weighted by Gasteiger charge is 2.29. The van der Waals surface area contributed by atoms with E-state index < -0.39 is 16.5 Å². The normalized spacial score (nSPS) is 13.8. The second kappa shape index (κ2) is 16.6. The molecule has 0 aromatic heterocycles. The van der Waals surface area contributed by atoms with Gasteiger partial charge in [-0.15, -0.1) is 0 Å². The summed E-state index contributed by atoms with van der Waals surface area (Å²) in [6, 6.07) is 0. The fraction of sp³-hybridized carbons (Fsp3) is 1.00. The van der Waals surface area contributed by atoms with Crippen molar-refractivity contribution in [1.29, 1.82) is 0 Å². The van der Waals surface area contributed by atoms with E-state index in [1.54, 1.807) is 0 Å². The first-order valence-electron chi connectivity index (χ1n) is 11.8. The van der Waals surface area contributed by atoms with Gasteiger partial charge in [-0.25, -0.2) is 4.18 Å². The van der Waals surface area contributed by atoms with Crippen molar-refractivity contribution in [2.24, 2.45) is 5.41 Å². The van der Waals surface area contributed by atoms with Gasteiger partial charge in [0.05, 0.1) is 6.10 Å². The lowest BCUT2D eigenvalue weighted by atomic mass is 9.86. The summed E-state index contributed by atoms with van der Waals surface area (Å²) >= 11 is 0. The van der Waals surface area contributed by atoms with E-state index in [9.17, 15) is 8.42 Å². The predicted octanol–water partition coefficient (Wildman–Crippen LogP) is 7.87. The van der Waals surface area contributed by atoms with Gasteiger partial charge < -0.3 is 0 Å². The van der Waals surface area contributed by atoms with E-state index in [1.165, 1.54) is 89.9 Å². The third kappa shape index (κ3) is 19.2. The van der Waals surface area contributed by atoms with Gasteiger partial charge in [0.25, 0.3) is 0 Å². The van der Waals surface area contributed by atoms with E-state index in [2.05, 4.69) is 6.92 Å². The summed E-state index contributed by atoms with van der Waals surface area (Å²) in [5.74, 6) is 0. The molecule has 1 unspecified atom stereocenters. The van der Waals surface area contributed by atoms with Crippen LogP contribution in [0.3, 0.4) is 0 Å². The first-order chi connectivity index (χ1) is 13.2. The maximum absolute atomic E-state index is 11.0. The number of hydrogen-bond donors (Lipinski definition) is 1. The fourth-order valence-corrected chi connectivity index (χ4v) is 4.33. The summed E-state index contributed by atoms with van der Waals surface area (Å²) in [5.41, 5.74) is -0.300. The van der Waals surface area contributed by atoms with Crippen LogP contribution < -0.4 is 0 Å². The molecule has 0 fully saturated rings.